The highest BCUT2D eigenvalue weighted by Gasteiger charge is 2.55. The molecule has 145 heavy (non-hydrogen) atoms. The van der Waals surface area contributed by atoms with Gasteiger partial charge in [-0.3, -0.25) is 24.2 Å². The molecule has 0 aromatic carbocycles. The molecule has 0 amide bonds. The summed E-state index contributed by atoms with van der Waals surface area (Å²) in [5.74, 6) is 8.47. The Kier molecular flexibility index (Phi) is 51.1. The lowest BCUT2D eigenvalue weighted by Crippen LogP contribution is -2.64. The van der Waals surface area contributed by atoms with E-state index in [9.17, 15) is 0 Å². The standard InChI is InChI=1S/C119H227N21O5/c1-35-49-66-94(67-50-36-2)101-120-103(129(69-52-38-4)70-53-39-5)125-106(121-101)132(96-86-112(19,20)137(142-80-45-11)113(21,22)87-96)75-62-58-59-63-76-133(97-88-114(23,24)138(143-81-46-12)115(25,26)89-97)107-122-102(100(68-51-37-3)95-84-110(15,16)136(141-79-44-10)111(17,18)85-95)123-108(128-107)134(98-90-116(27,28)139(144-82-47-13)117(29,30)91-98)77-64-60-61-65-78-135(99-92-118(31,32)140(145-83-48-14)119(33,34)93-99)109-126-104(130(71-54-40-6)72-55-41-7)124-105(127-109)131(73-56-42-8)74-57-43-9/h94-100H,35-93H2,1-34H3. The van der Waals surface area contributed by atoms with Gasteiger partial charge in [-0.05, 0) is 324 Å². The molecule has 8 rings (SSSR count). The Labute approximate surface area is 890 Å². The van der Waals surface area contributed by atoms with Crippen LogP contribution in [-0.2, 0) is 24.2 Å². The van der Waals surface area contributed by atoms with E-state index in [1.807, 2.05) is 0 Å². The van der Waals surface area contributed by atoms with Gasteiger partial charge in [0.15, 0.2) is 0 Å². The summed E-state index contributed by atoms with van der Waals surface area (Å²) in [6, 6.07) is 0.478. The van der Waals surface area contributed by atoms with Gasteiger partial charge in [0.2, 0.25) is 41.6 Å². The van der Waals surface area contributed by atoms with Gasteiger partial charge in [-0.15, -0.1) is 0 Å². The molecule has 3 aromatic rings. The minimum absolute atomic E-state index is 0.0599. The fourth-order valence-corrected chi connectivity index (χ4v) is 26.3. The first-order valence-corrected chi connectivity index (χ1v) is 60.5. The zero-order valence-electron chi connectivity index (χ0n) is 101. The SMILES string of the molecule is CCCCC(CCCC)c1nc(N(CCCC)CCCC)nc(N(CCCCCCN(c2nc(C(CCCC)C3CC(C)(C)N(OCCC)C(C)(C)C3)nc(N(CCCCCCN(c3nc(N(CCCC)CCCC)nc(N(CCCC)CCCC)n3)C3CC(C)(C)N(OCCC)C(C)(C)C3)C3CC(C)(C)N(OCCC)C(C)(C)C3)n2)C2CC(C)(C)N(OCCC)C(C)(C)C2)C2CC(C)(C)N(OCCC)C(C)(C)C2)n1. The number of hydrogen-bond acceptors (Lipinski definition) is 26. The summed E-state index contributed by atoms with van der Waals surface area (Å²) in [6.45, 7) is 92.8. The second-order valence-corrected chi connectivity index (χ2v) is 51.4. The predicted octanol–water partition coefficient (Wildman–Crippen LogP) is 29.0. The van der Waals surface area contributed by atoms with Crippen molar-refractivity contribution in [2.75, 3.05) is 133 Å². The molecule has 1 unspecified atom stereocenters. The van der Waals surface area contributed by atoms with Crippen LogP contribution in [0.5, 0.6) is 0 Å². The lowest BCUT2D eigenvalue weighted by molar-refractivity contribution is -0.289. The molecule has 0 radical (unpaired) electrons. The van der Waals surface area contributed by atoms with Crippen LogP contribution >= 0.6 is 0 Å². The summed E-state index contributed by atoms with van der Waals surface area (Å²) < 4.78 is 0. The molecule has 26 heteroatoms. The summed E-state index contributed by atoms with van der Waals surface area (Å²) in [5.41, 5.74) is -2.85. The average Bonchev–Trinajstić information content (AvgIpc) is 0.753. The van der Waals surface area contributed by atoms with Crippen molar-refractivity contribution in [3.8, 4) is 0 Å². The Bertz CT molecular complexity index is 3680. The van der Waals surface area contributed by atoms with E-state index in [2.05, 4.69) is 295 Å². The van der Waals surface area contributed by atoms with E-state index in [-0.39, 0.29) is 97.3 Å². The maximum atomic E-state index is 6.97. The number of hydroxylamine groups is 10. The molecule has 26 nitrogen and oxygen atoms in total. The first-order valence-electron chi connectivity index (χ1n) is 60.5. The maximum Gasteiger partial charge on any atom is 0.232 e. The molecule has 838 valence electrons. The highest BCUT2D eigenvalue weighted by Crippen LogP contribution is 2.52. The van der Waals surface area contributed by atoms with E-state index < -0.39 is 0 Å². The van der Waals surface area contributed by atoms with Crippen LogP contribution in [0.2, 0.25) is 0 Å². The summed E-state index contributed by atoms with van der Waals surface area (Å²) in [7, 11) is 0. The molecular formula is C119H227N21O5. The van der Waals surface area contributed by atoms with Crippen LogP contribution in [0.25, 0.3) is 0 Å². The number of unbranched alkanes of at least 4 members (excludes halogenated alkanes) is 15. The molecule has 0 saturated carbocycles. The van der Waals surface area contributed by atoms with Crippen molar-refractivity contribution < 1.29 is 24.2 Å². The van der Waals surface area contributed by atoms with E-state index in [4.69, 9.17) is 69.0 Å². The van der Waals surface area contributed by atoms with Gasteiger partial charge in [0.05, 0.1) is 33.0 Å². The van der Waals surface area contributed by atoms with Crippen molar-refractivity contribution in [2.45, 2.75) is 609 Å². The number of piperidine rings is 5. The van der Waals surface area contributed by atoms with Gasteiger partial charge < -0.3 is 34.3 Å². The zero-order chi connectivity index (χ0) is 107. The fourth-order valence-electron chi connectivity index (χ4n) is 26.3. The van der Waals surface area contributed by atoms with Crippen molar-refractivity contribution in [2.24, 2.45) is 5.92 Å². The average molecular weight is 2030 g/mol. The van der Waals surface area contributed by atoms with Crippen LogP contribution < -0.4 is 34.3 Å². The minimum atomic E-state index is -0.326. The van der Waals surface area contributed by atoms with Crippen molar-refractivity contribution in [3.05, 3.63) is 11.6 Å². The van der Waals surface area contributed by atoms with Crippen molar-refractivity contribution in [1.29, 1.82) is 0 Å². The van der Waals surface area contributed by atoms with Crippen molar-refractivity contribution >= 4 is 41.6 Å². The van der Waals surface area contributed by atoms with Gasteiger partial charge in [0.1, 0.15) is 11.6 Å². The van der Waals surface area contributed by atoms with E-state index in [1.165, 1.54) is 0 Å². The normalized spacial score (nSPS) is 20.2. The fraction of sp³-hybridized carbons (Fsp3) is 0.924. The van der Waals surface area contributed by atoms with Crippen LogP contribution in [0.1, 0.15) is 541 Å². The highest BCUT2D eigenvalue weighted by molar-refractivity contribution is 5.49. The van der Waals surface area contributed by atoms with Crippen LogP contribution in [0.15, 0.2) is 0 Å². The number of nitrogens with zero attached hydrogens (tertiary/aromatic N) is 21. The third-order valence-corrected chi connectivity index (χ3v) is 32.3. The Balaban J connectivity index is 1.31. The number of hydrogen-bond donors (Lipinski definition) is 0. The van der Waals surface area contributed by atoms with Crippen LogP contribution in [0.4, 0.5) is 41.6 Å². The smallest absolute Gasteiger partial charge is 0.232 e. The quantitative estimate of drug-likeness (QED) is 0.0482. The van der Waals surface area contributed by atoms with Crippen LogP contribution in [0.3, 0.4) is 0 Å². The zero-order valence-corrected chi connectivity index (χ0v) is 101. The monoisotopic (exact) mass is 2030 g/mol. The largest absolute Gasteiger partial charge is 0.341 e. The highest BCUT2D eigenvalue weighted by atomic mass is 16.7. The molecule has 0 aliphatic carbocycles. The minimum Gasteiger partial charge on any atom is -0.341 e. The Morgan fingerprint density at radius 1 is 0.214 bits per heavy atom. The molecule has 1 atom stereocenters. The third kappa shape index (κ3) is 35.6. The van der Waals surface area contributed by atoms with E-state index in [1.54, 1.807) is 0 Å². The van der Waals surface area contributed by atoms with Crippen LogP contribution in [0, 0.1) is 5.92 Å². The third-order valence-electron chi connectivity index (χ3n) is 32.3. The number of rotatable bonds is 70. The maximum absolute atomic E-state index is 6.97. The first kappa shape index (κ1) is 125. The Morgan fingerprint density at radius 2 is 0.407 bits per heavy atom. The van der Waals surface area contributed by atoms with E-state index in [0.29, 0.717) is 33.0 Å². The van der Waals surface area contributed by atoms with Crippen molar-refractivity contribution in [3.63, 3.8) is 0 Å². The molecule has 5 aliphatic heterocycles. The van der Waals surface area contributed by atoms with Gasteiger partial charge >= 0.3 is 0 Å². The van der Waals surface area contributed by atoms with Gasteiger partial charge in [-0.25, -0.2) is 0 Å². The Morgan fingerprint density at radius 3 is 0.641 bits per heavy atom. The Hall–Kier alpha value is -4.77. The van der Waals surface area contributed by atoms with Gasteiger partial charge in [-0.2, -0.15) is 70.2 Å². The van der Waals surface area contributed by atoms with Gasteiger partial charge in [0, 0.05) is 157 Å². The number of anilines is 7. The lowest BCUT2D eigenvalue weighted by Gasteiger charge is -2.56. The molecule has 0 N–H and O–H groups in total. The van der Waals surface area contributed by atoms with E-state index in [0.717, 1.165) is 401 Å². The summed E-state index contributed by atoms with van der Waals surface area (Å²) in [4.78, 5) is 106. The predicted molar refractivity (Wildman–Crippen MR) is 612 cm³/mol. The molecular weight excluding hydrogens is 1800 g/mol. The lowest BCUT2D eigenvalue weighted by atomic mass is 9.69. The molecule has 5 aliphatic rings. The molecule has 5 fully saturated rings. The summed E-state index contributed by atoms with van der Waals surface area (Å²) in [5, 5.41) is 11.8. The topological polar surface area (TPSA) is 201 Å². The van der Waals surface area contributed by atoms with Gasteiger partial charge in [-0.1, -0.05) is 200 Å². The van der Waals surface area contributed by atoms with Crippen LogP contribution in [-0.4, -0.2) is 248 Å². The molecule has 3 aromatic heterocycles. The van der Waals surface area contributed by atoms with E-state index >= 15 is 0 Å². The number of aromatic nitrogens is 9. The first-order chi connectivity index (χ1) is 68.8. The molecule has 8 heterocycles. The second-order valence-electron chi connectivity index (χ2n) is 51.4. The molecule has 5 saturated heterocycles. The molecule has 0 spiro atoms. The van der Waals surface area contributed by atoms with Gasteiger partial charge in [0.25, 0.3) is 0 Å². The second kappa shape index (κ2) is 59.1. The summed E-state index contributed by atoms with van der Waals surface area (Å²) >= 11 is 0. The molecule has 0 bridgehead atoms. The van der Waals surface area contributed by atoms with Crippen molar-refractivity contribution in [1.82, 2.24) is 70.2 Å². The summed E-state index contributed by atoms with van der Waals surface area (Å²) in [6.07, 6.45) is 45.1.